The Morgan fingerprint density at radius 3 is 2.52 bits per heavy atom. The van der Waals surface area contributed by atoms with Crippen molar-refractivity contribution in [2.45, 2.75) is 13.0 Å². The van der Waals surface area contributed by atoms with Crippen molar-refractivity contribution in [1.82, 2.24) is 5.32 Å². The summed E-state index contributed by atoms with van der Waals surface area (Å²) in [5.41, 5.74) is 1.79. The van der Waals surface area contributed by atoms with E-state index in [2.05, 4.69) is 5.32 Å². The average Bonchev–Trinajstić information content (AvgIpc) is 2.96. The zero-order valence-electron chi connectivity index (χ0n) is 12.5. The molecule has 1 unspecified atom stereocenters. The van der Waals surface area contributed by atoms with Crippen LogP contribution in [0.4, 0.5) is 5.69 Å². The van der Waals surface area contributed by atoms with Crippen molar-refractivity contribution >= 4 is 29.1 Å². The van der Waals surface area contributed by atoms with Crippen molar-refractivity contribution in [3.63, 3.8) is 0 Å². The maximum atomic E-state index is 12.5. The Morgan fingerprint density at radius 1 is 1.13 bits per heavy atom. The summed E-state index contributed by atoms with van der Waals surface area (Å²) in [6.45, 7) is 0.980. The van der Waals surface area contributed by atoms with Crippen LogP contribution < -0.4 is 10.2 Å². The minimum absolute atomic E-state index is 0.155. The molecule has 3 rings (SSSR count). The van der Waals surface area contributed by atoms with Gasteiger partial charge in [0, 0.05) is 23.8 Å². The van der Waals surface area contributed by atoms with E-state index in [0.717, 1.165) is 11.3 Å². The number of halogens is 1. The lowest BCUT2D eigenvalue weighted by Crippen LogP contribution is -2.36. The van der Waals surface area contributed by atoms with Crippen LogP contribution in [0.25, 0.3) is 0 Å². The summed E-state index contributed by atoms with van der Waals surface area (Å²) in [4.78, 5) is 26.4. The Hall–Kier alpha value is -2.33. The fourth-order valence-corrected chi connectivity index (χ4v) is 2.83. The first-order valence-electron chi connectivity index (χ1n) is 7.54. The summed E-state index contributed by atoms with van der Waals surface area (Å²) in [5.74, 6) is -0.984. The minimum atomic E-state index is -0.616. The Labute approximate surface area is 140 Å². The number of nitrogens with zero attached hydrogens (tertiary/aromatic N) is 1. The number of carbonyl (C=O) groups is 2. The van der Waals surface area contributed by atoms with Gasteiger partial charge in [0.05, 0.1) is 0 Å². The quantitative estimate of drug-likeness (QED) is 0.877. The van der Waals surface area contributed by atoms with E-state index in [1.54, 1.807) is 29.2 Å². The fraction of sp³-hybridized carbons (Fsp3) is 0.222. The van der Waals surface area contributed by atoms with Crippen LogP contribution in [-0.4, -0.2) is 18.4 Å². The van der Waals surface area contributed by atoms with Crippen LogP contribution in [0.15, 0.2) is 54.6 Å². The van der Waals surface area contributed by atoms with E-state index in [-0.39, 0.29) is 11.8 Å². The van der Waals surface area contributed by atoms with Crippen molar-refractivity contribution in [2.75, 3.05) is 11.4 Å². The molecule has 2 amide bonds. The third-order valence-electron chi connectivity index (χ3n) is 3.97. The van der Waals surface area contributed by atoms with Gasteiger partial charge in [0.15, 0.2) is 0 Å². The van der Waals surface area contributed by atoms with Crippen molar-refractivity contribution in [3.8, 4) is 0 Å². The molecule has 4 nitrogen and oxygen atoms in total. The SMILES string of the molecule is O=C(NCc1ccccc1)C1CCN(c2ccc(Cl)cc2)C1=O. The summed E-state index contributed by atoms with van der Waals surface area (Å²) in [6.07, 6.45) is 0.530. The monoisotopic (exact) mass is 328 g/mol. The molecule has 118 valence electrons. The summed E-state index contributed by atoms with van der Waals surface area (Å²) >= 11 is 5.87. The number of rotatable bonds is 4. The van der Waals surface area contributed by atoms with Crippen LogP contribution in [-0.2, 0) is 16.1 Å². The highest BCUT2D eigenvalue weighted by Crippen LogP contribution is 2.26. The number of hydrogen-bond acceptors (Lipinski definition) is 2. The first-order valence-corrected chi connectivity index (χ1v) is 7.91. The van der Waals surface area contributed by atoms with E-state index < -0.39 is 5.92 Å². The molecule has 1 atom stereocenters. The largest absolute Gasteiger partial charge is 0.351 e. The molecule has 1 heterocycles. The second-order valence-corrected chi connectivity index (χ2v) is 5.95. The summed E-state index contributed by atoms with van der Waals surface area (Å²) < 4.78 is 0. The molecular weight excluding hydrogens is 312 g/mol. The topological polar surface area (TPSA) is 49.4 Å². The maximum Gasteiger partial charge on any atom is 0.239 e. The van der Waals surface area contributed by atoms with Crippen molar-refractivity contribution in [3.05, 3.63) is 65.2 Å². The molecule has 2 aromatic rings. The molecule has 0 saturated carbocycles. The van der Waals surface area contributed by atoms with Crippen LogP contribution in [0.2, 0.25) is 5.02 Å². The minimum Gasteiger partial charge on any atom is -0.351 e. The van der Waals surface area contributed by atoms with E-state index in [1.165, 1.54) is 0 Å². The molecule has 2 aromatic carbocycles. The molecular formula is C18H17ClN2O2. The van der Waals surface area contributed by atoms with Gasteiger partial charge in [0.2, 0.25) is 11.8 Å². The highest BCUT2D eigenvalue weighted by Gasteiger charge is 2.37. The van der Waals surface area contributed by atoms with Gasteiger partial charge in [-0.2, -0.15) is 0 Å². The number of anilines is 1. The van der Waals surface area contributed by atoms with Crippen molar-refractivity contribution < 1.29 is 9.59 Å². The molecule has 1 N–H and O–H groups in total. The molecule has 5 heteroatoms. The Kier molecular flexibility index (Phi) is 4.63. The molecule has 0 aliphatic carbocycles. The van der Waals surface area contributed by atoms with Gasteiger partial charge in [-0.15, -0.1) is 0 Å². The normalized spacial score (nSPS) is 17.3. The molecule has 1 fully saturated rings. The first-order chi connectivity index (χ1) is 11.1. The van der Waals surface area contributed by atoms with Crippen LogP contribution in [0.5, 0.6) is 0 Å². The van der Waals surface area contributed by atoms with Crippen LogP contribution in [0.1, 0.15) is 12.0 Å². The fourth-order valence-electron chi connectivity index (χ4n) is 2.71. The molecule has 0 bridgehead atoms. The molecule has 1 aliphatic heterocycles. The van der Waals surface area contributed by atoms with E-state index >= 15 is 0 Å². The first kappa shape index (κ1) is 15.6. The van der Waals surface area contributed by atoms with Crippen LogP contribution >= 0.6 is 11.6 Å². The third-order valence-corrected chi connectivity index (χ3v) is 4.22. The van der Waals surface area contributed by atoms with Crippen LogP contribution in [0.3, 0.4) is 0 Å². The Balaban J connectivity index is 1.62. The Bertz CT molecular complexity index is 701. The lowest BCUT2D eigenvalue weighted by atomic mass is 10.1. The predicted octanol–water partition coefficient (Wildman–Crippen LogP) is 3.01. The highest BCUT2D eigenvalue weighted by atomic mass is 35.5. The van der Waals surface area contributed by atoms with Gasteiger partial charge in [-0.1, -0.05) is 41.9 Å². The van der Waals surface area contributed by atoms with Gasteiger partial charge < -0.3 is 10.2 Å². The smallest absolute Gasteiger partial charge is 0.239 e. The maximum absolute atomic E-state index is 12.5. The van der Waals surface area contributed by atoms with Crippen molar-refractivity contribution in [1.29, 1.82) is 0 Å². The number of nitrogens with one attached hydrogen (secondary N) is 1. The standard InChI is InChI=1S/C18H17ClN2O2/c19-14-6-8-15(9-7-14)21-11-10-16(18(21)23)17(22)20-12-13-4-2-1-3-5-13/h1-9,16H,10-12H2,(H,20,22). The van der Waals surface area contributed by atoms with Crippen molar-refractivity contribution in [2.24, 2.45) is 5.92 Å². The Morgan fingerprint density at radius 2 is 1.83 bits per heavy atom. The van der Waals surface area contributed by atoms with Gasteiger partial charge in [-0.3, -0.25) is 9.59 Å². The third kappa shape index (κ3) is 3.54. The van der Waals surface area contributed by atoms with E-state index in [9.17, 15) is 9.59 Å². The lowest BCUT2D eigenvalue weighted by Gasteiger charge is -2.16. The van der Waals surface area contributed by atoms with Gasteiger partial charge in [-0.25, -0.2) is 0 Å². The zero-order valence-corrected chi connectivity index (χ0v) is 13.3. The second-order valence-electron chi connectivity index (χ2n) is 5.51. The van der Waals surface area contributed by atoms with Gasteiger partial charge in [0.25, 0.3) is 0 Å². The number of benzene rings is 2. The van der Waals surface area contributed by atoms with E-state index in [0.29, 0.717) is 24.5 Å². The molecule has 23 heavy (non-hydrogen) atoms. The average molecular weight is 329 g/mol. The highest BCUT2D eigenvalue weighted by molar-refractivity contribution is 6.30. The van der Waals surface area contributed by atoms with Gasteiger partial charge in [0.1, 0.15) is 5.92 Å². The summed E-state index contributed by atoms with van der Waals surface area (Å²) in [7, 11) is 0. The van der Waals surface area contributed by atoms with E-state index in [4.69, 9.17) is 11.6 Å². The van der Waals surface area contributed by atoms with Crippen LogP contribution in [0, 0.1) is 5.92 Å². The molecule has 0 radical (unpaired) electrons. The number of hydrogen-bond donors (Lipinski definition) is 1. The zero-order chi connectivity index (χ0) is 16.2. The number of amides is 2. The summed E-state index contributed by atoms with van der Waals surface area (Å²) in [6, 6.07) is 16.7. The van der Waals surface area contributed by atoms with Gasteiger partial charge >= 0.3 is 0 Å². The van der Waals surface area contributed by atoms with Gasteiger partial charge in [-0.05, 0) is 36.2 Å². The molecule has 0 aromatic heterocycles. The molecule has 1 aliphatic rings. The predicted molar refractivity (Wildman–Crippen MR) is 90.2 cm³/mol. The lowest BCUT2D eigenvalue weighted by molar-refractivity contribution is -0.132. The molecule has 0 spiro atoms. The number of carbonyl (C=O) groups excluding carboxylic acids is 2. The second kappa shape index (κ2) is 6.84. The summed E-state index contributed by atoms with van der Waals surface area (Å²) in [5, 5.41) is 3.47. The molecule has 1 saturated heterocycles. The van der Waals surface area contributed by atoms with E-state index in [1.807, 2.05) is 30.3 Å².